The molecule has 1 amide bonds. The van der Waals surface area contributed by atoms with Crippen LogP contribution in [-0.2, 0) is 9.53 Å². The number of aromatic nitrogens is 3. The highest BCUT2D eigenvalue weighted by atomic mass is 32.2. The first-order chi connectivity index (χ1) is 14.7. The number of hydrogen-bond donors (Lipinski definition) is 1. The smallest absolute Gasteiger partial charge is 0.237 e. The van der Waals surface area contributed by atoms with Crippen LogP contribution >= 0.6 is 11.8 Å². The maximum absolute atomic E-state index is 12.9. The molecule has 8 heteroatoms. The molecule has 1 N–H and O–H groups in total. The maximum atomic E-state index is 12.9. The van der Waals surface area contributed by atoms with Gasteiger partial charge in [-0.2, -0.15) is 0 Å². The minimum Gasteiger partial charge on any atom is -0.378 e. The van der Waals surface area contributed by atoms with E-state index in [-0.39, 0.29) is 11.2 Å². The molecule has 7 nitrogen and oxygen atoms in total. The number of nitrogens with zero attached hydrogens (tertiary/aromatic N) is 4. The quantitative estimate of drug-likeness (QED) is 0.609. The summed E-state index contributed by atoms with van der Waals surface area (Å²) in [6.45, 7) is 5.00. The van der Waals surface area contributed by atoms with Crippen molar-refractivity contribution in [3.63, 3.8) is 0 Å². The third-order valence-electron chi connectivity index (χ3n) is 5.55. The van der Waals surface area contributed by atoms with Crippen LogP contribution in [0.4, 0.5) is 11.6 Å². The molecule has 1 aliphatic heterocycles. The van der Waals surface area contributed by atoms with Gasteiger partial charge in [0.25, 0.3) is 0 Å². The van der Waals surface area contributed by atoms with E-state index in [1.165, 1.54) is 11.8 Å². The molecule has 1 saturated heterocycles. The molecule has 1 aromatic heterocycles. The summed E-state index contributed by atoms with van der Waals surface area (Å²) >= 11 is 1.48. The minimum atomic E-state index is -0.289. The summed E-state index contributed by atoms with van der Waals surface area (Å²) in [7, 11) is 0. The largest absolute Gasteiger partial charge is 0.378 e. The summed E-state index contributed by atoms with van der Waals surface area (Å²) in [6.07, 6.45) is 2.28. The number of hydrogen-bond acceptors (Lipinski definition) is 6. The number of carbonyl (C=O) groups excluding carboxylic acids is 1. The van der Waals surface area contributed by atoms with Gasteiger partial charge >= 0.3 is 0 Å². The highest BCUT2D eigenvalue weighted by Gasteiger charge is 2.33. The van der Waals surface area contributed by atoms with Gasteiger partial charge in [-0.1, -0.05) is 48.2 Å². The van der Waals surface area contributed by atoms with Crippen molar-refractivity contribution in [2.45, 2.75) is 36.2 Å². The number of fused-ring (bicyclic) bond motifs is 1. The number of benzene rings is 2. The molecule has 0 spiro atoms. The lowest BCUT2D eigenvalue weighted by atomic mass is 10.1. The Kier molecular flexibility index (Phi) is 5.35. The van der Waals surface area contributed by atoms with Crippen molar-refractivity contribution in [1.29, 1.82) is 0 Å². The Morgan fingerprint density at radius 3 is 2.70 bits per heavy atom. The Labute approximate surface area is 179 Å². The molecule has 30 heavy (non-hydrogen) atoms. The highest BCUT2D eigenvalue weighted by Crippen LogP contribution is 2.41. The second kappa shape index (κ2) is 8.28. The average molecular weight is 424 g/mol. The van der Waals surface area contributed by atoms with Crippen LogP contribution < -0.4 is 10.2 Å². The first-order valence-corrected chi connectivity index (χ1v) is 11.3. The fourth-order valence-electron chi connectivity index (χ4n) is 3.76. The van der Waals surface area contributed by atoms with Gasteiger partial charge in [0.15, 0.2) is 5.16 Å². The molecule has 1 saturated carbocycles. The van der Waals surface area contributed by atoms with Gasteiger partial charge in [0.2, 0.25) is 11.9 Å². The molecule has 2 aromatic carbocycles. The van der Waals surface area contributed by atoms with Crippen LogP contribution in [0.3, 0.4) is 0 Å². The third-order valence-corrected chi connectivity index (χ3v) is 6.61. The van der Waals surface area contributed by atoms with Crippen LogP contribution in [0.25, 0.3) is 10.8 Å². The highest BCUT2D eigenvalue weighted by molar-refractivity contribution is 8.00. The van der Waals surface area contributed by atoms with Crippen LogP contribution in [0.15, 0.2) is 47.6 Å². The van der Waals surface area contributed by atoms with E-state index >= 15 is 0 Å². The van der Waals surface area contributed by atoms with E-state index in [2.05, 4.69) is 37.1 Å². The summed E-state index contributed by atoms with van der Waals surface area (Å²) in [5, 5.41) is 14.7. The number of amides is 1. The molecular formula is C22H25N5O2S. The Hall–Kier alpha value is -2.58. The Morgan fingerprint density at radius 1 is 1.13 bits per heavy atom. The number of rotatable bonds is 6. The molecule has 0 radical (unpaired) electrons. The molecule has 156 valence electrons. The van der Waals surface area contributed by atoms with Crippen LogP contribution in [0, 0.1) is 0 Å². The zero-order chi connectivity index (χ0) is 20.5. The predicted molar refractivity (Wildman–Crippen MR) is 119 cm³/mol. The first-order valence-electron chi connectivity index (χ1n) is 10.4. The molecule has 1 atom stereocenters. The van der Waals surface area contributed by atoms with E-state index in [1.807, 2.05) is 37.3 Å². The summed E-state index contributed by atoms with van der Waals surface area (Å²) in [6, 6.07) is 14.5. The summed E-state index contributed by atoms with van der Waals surface area (Å²) in [5.74, 6) is 0.875. The maximum Gasteiger partial charge on any atom is 0.237 e. The van der Waals surface area contributed by atoms with Gasteiger partial charge in [0.05, 0.1) is 18.5 Å². The van der Waals surface area contributed by atoms with E-state index in [1.54, 1.807) is 0 Å². The molecular weight excluding hydrogens is 398 g/mol. The lowest BCUT2D eigenvalue weighted by molar-refractivity contribution is -0.115. The molecule has 1 unspecified atom stereocenters. The van der Waals surface area contributed by atoms with Crippen LogP contribution in [0.2, 0.25) is 0 Å². The van der Waals surface area contributed by atoms with Crippen molar-refractivity contribution in [1.82, 2.24) is 14.8 Å². The van der Waals surface area contributed by atoms with Gasteiger partial charge in [-0.15, -0.1) is 10.2 Å². The molecule has 2 heterocycles. The zero-order valence-electron chi connectivity index (χ0n) is 17.0. The Morgan fingerprint density at radius 2 is 1.90 bits per heavy atom. The van der Waals surface area contributed by atoms with Crippen molar-refractivity contribution < 1.29 is 9.53 Å². The van der Waals surface area contributed by atoms with E-state index in [0.29, 0.717) is 19.3 Å². The third kappa shape index (κ3) is 3.89. The first kappa shape index (κ1) is 19.4. The zero-order valence-corrected chi connectivity index (χ0v) is 17.8. The molecule has 5 rings (SSSR count). The topological polar surface area (TPSA) is 72.3 Å². The van der Waals surface area contributed by atoms with E-state index in [0.717, 1.165) is 53.5 Å². The number of nitrogens with one attached hydrogen (secondary N) is 1. The molecule has 0 bridgehead atoms. The van der Waals surface area contributed by atoms with Crippen molar-refractivity contribution in [3.05, 3.63) is 42.5 Å². The second-order valence-electron chi connectivity index (χ2n) is 7.76. The SMILES string of the molecule is CC(Sc1nnc(N2CCOCC2)n1C1CC1)C(=O)Nc1cccc2ccccc12. The Balaban J connectivity index is 1.33. The molecule has 2 aliphatic rings. The van der Waals surface area contributed by atoms with Crippen molar-refractivity contribution >= 4 is 40.1 Å². The van der Waals surface area contributed by atoms with Crippen LogP contribution in [-0.4, -0.2) is 52.2 Å². The fourth-order valence-corrected chi connectivity index (χ4v) is 4.68. The van der Waals surface area contributed by atoms with Gasteiger partial charge in [0, 0.05) is 30.2 Å². The van der Waals surface area contributed by atoms with Crippen LogP contribution in [0.1, 0.15) is 25.8 Å². The van der Waals surface area contributed by atoms with E-state index < -0.39 is 0 Å². The fraction of sp³-hybridized carbons (Fsp3) is 0.409. The summed E-state index contributed by atoms with van der Waals surface area (Å²) in [5.41, 5.74) is 0.836. The van der Waals surface area contributed by atoms with Crippen molar-refractivity contribution in [3.8, 4) is 0 Å². The molecule has 3 aromatic rings. The van der Waals surface area contributed by atoms with Crippen molar-refractivity contribution in [2.75, 3.05) is 36.5 Å². The molecule has 1 aliphatic carbocycles. The summed E-state index contributed by atoms with van der Waals surface area (Å²) in [4.78, 5) is 15.2. The number of ether oxygens (including phenoxy) is 1. The predicted octanol–water partition coefficient (Wildman–Crippen LogP) is 3.72. The van der Waals surface area contributed by atoms with Crippen LogP contribution in [0.5, 0.6) is 0 Å². The monoisotopic (exact) mass is 423 g/mol. The standard InChI is InChI=1S/C22H25N5O2S/c1-15(20(28)23-19-8-4-6-16-5-2-3-7-18(16)19)30-22-25-24-21(27(22)17-9-10-17)26-11-13-29-14-12-26/h2-8,15,17H,9-14H2,1H3,(H,23,28). The number of thioether (sulfide) groups is 1. The lowest BCUT2D eigenvalue weighted by Crippen LogP contribution is -2.38. The van der Waals surface area contributed by atoms with Crippen molar-refractivity contribution in [2.24, 2.45) is 0 Å². The minimum absolute atomic E-state index is 0.0328. The van der Waals surface area contributed by atoms with Gasteiger partial charge in [-0.05, 0) is 31.2 Å². The van der Waals surface area contributed by atoms with Gasteiger partial charge in [-0.25, -0.2) is 0 Å². The van der Waals surface area contributed by atoms with E-state index in [4.69, 9.17) is 4.74 Å². The normalized spacial score (nSPS) is 17.8. The molecule has 2 fully saturated rings. The second-order valence-corrected chi connectivity index (χ2v) is 9.07. The van der Waals surface area contributed by atoms with E-state index in [9.17, 15) is 4.79 Å². The number of morpholine rings is 1. The number of carbonyl (C=O) groups is 1. The Bertz CT molecular complexity index is 1050. The van der Waals surface area contributed by atoms with Gasteiger partial charge in [0.1, 0.15) is 0 Å². The number of anilines is 2. The van der Waals surface area contributed by atoms with Gasteiger partial charge in [-0.3, -0.25) is 9.36 Å². The average Bonchev–Trinajstić information content (AvgIpc) is 3.54. The summed E-state index contributed by atoms with van der Waals surface area (Å²) < 4.78 is 7.69. The van der Waals surface area contributed by atoms with Gasteiger partial charge < -0.3 is 15.0 Å². The lowest BCUT2D eigenvalue weighted by Gasteiger charge is -2.28.